The molecule has 1 saturated heterocycles. The summed E-state index contributed by atoms with van der Waals surface area (Å²) in [6.07, 6.45) is 8.70. The van der Waals surface area contributed by atoms with Crippen molar-refractivity contribution in [2.45, 2.75) is 44.2 Å². The first-order chi connectivity index (χ1) is 14.1. The molecule has 3 aromatic heterocycles. The van der Waals surface area contributed by atoms with Crippen LogP contribution in [0.25, 0.3) is 11.3 Å². The molecule has 148 valence electrons. The fourth-order valence-corrected chi connectivity index (χ4v) is 4.98. The molecule has 0 bridgehead atoms. The molecule has 0 saturated carbocycles. The van der Waals surface area contributed by atoms with Crippen molar-refractivity contribution in [2.75, 3.05) is 18.8 Å². The van der Waals surface area contributed by atoms with E-state index in [1.807, 2.05) is 12.4 Å². The third-order valence-corrected chi connectivity index (χ3v) is 6.51. The van der Waals surface area contributed by atoms with Crippen LogP contribution in [0, 0.1) is 11.3 Å². The molecule has 2 aliphatic rings. The Morgan fingerprint density at radius 1 is 1.31 bits per heavy atom. The Hall–Kier alpha value is -3.18. The number of H-pyrrole nitrogens is 1. The van der Waals surface area contributed by atoms with Crippen molar-refractivity contribution >= 4 is 5.82 Å². The average molecular weight is 388 g/mol. The van der Waals surface area contributed by atoms with E-state index in [0.29, 0.717) is 11.6 Å². The molecule has 2 aliphatic heterocycles. The van der Waals surface area contributed by atoms with E-state index in [2.05, 4.69) is 43.6 Å². The molecule has 0 aliphatic carbocycles. The molecule has 5 rings (SSSR count). The molecule has 8 heteroatoms. The van der Waals surface area contributed by atoms with Gasteiger partial charge < -0.3 is 10.7 Å². The summed E-state index contributed by atoms with van der Waals surface area (Å²) < 4.78 is 2.13. The zero-order chi connectivity index (χ0) is 20.0. The number of fused-ring (bicyclic) bond motifs is 2. The third kappa shape index (κ3) is 2.81. The van der Waals surface area contributed by atoms with Crippen molar-refractivity contribution < 1.29 is 0 Å². The fraction of sp³-hybridized carbons (Fsp3) is 0.429. The van der Waals surface area contributed by atoms with E-state index in [4.69, 9.17) is 10.8 Å². The van der Waals surface area contributed by atoms with Gasteiger partial charge in [0.05, 0.1) is 17.3 Å². The van der Waals surface area contributed by atoms with Crippen LogP contribution in [0.15, 0.2) is 30.7 Å². The summed E-state index contributed by atoms with van der Waals surface area (Å²) in [5.74, 6) is 1.31. The lowest BCUT2D eigenvalue weighted by Gasteiger charge is -2.28. The summed E-state index contributed by atoms with van der Waals surface area (Å²) in [6.45, 7) is 5.22. The average Bonchev–Trinajstić information content (AvgIpc) is 3.51. The first kappa shape index (κ1) is 17.9. The summed E-state index contributed by atoms with van der Waals surface area (Å²) in [4.78, 5) is 14.5. The molecule has 29 heavy (non-hydrogen) atoms. The first-order valence-corrected chi connectivity index (χ1v) is 10.1. The van der Waals surface area contributed by atoms with Crippen molar-refractivity contribution in [1.82, 2.24) is 29.6 Å². The number of rotatable bonds is 4. The molecule has 1 fully saturated rings. The Balaban J connectivity index is 1.44. The van der Waals surface area contributed by atoms with E-state index in [9.17, 15) is 5.26 Å². The lowest BCUT2D eigenvalue weighted by atomic mass is 9.82. The van der Waals surface area contributed by atoms with Gasteiger partial charge >= 0.3 is 0 Å². The molecule has 3 N–H and O–H groups in total. The van der Waals surface area contributed by atoms with Gasteiger partial charge in [0.2, 0.25) is 0 Å². The number of nitrogens with one attached hydrogen (secondary N) is 1. The summed E-state index contributed by atoms with van der Waals surface area (Å²) in [5, 5.41) is 14.1. The van der Waals surface area contributed by atoms with Crippen LogP contribution in [0.5, 0.6) is 0 Å². The predicted octanol–water partition coefficient (Wildman–Crippen LogP) is 2.62. The monoisotopic (exact) mass is 388 g/mol. The second kappa shape index (κ2) is 6.71. The van der Waals surface area contributed by atoms with Gasteiger partial charge in [-0.1, -0.05) is 6.92 Å². The van der Waals surface area contributed by atoms with E-state index >= 15 is 0 Å². The van der Waals surface area contributed by atoms with Crippen molar-refractivity contribution in [2.24, 2.45) is 0 Å². The molecule has 2 atom stereocenters. The summed E-state index contributed by atoms with van der Waals surface area (Å²) in [5.41, 5.74) is 9.28. The second-order valence-electron chi connectivity index (χ2n) is 8.06. The number of hydrogen-bond acceptors (Lipinski definition) is 6. The second-order valence-corrected chi connectivity index (χ2v) is 8.06. The maximum absolute atomic E-state index is 9.25. The van der Waals surface area contributed by atoms with Crippen molar-refractivity contribution in [3.05, 3.63) is 47.8 Å². The summed E-state index contributed by atoms with van der Waals surface area (Å²) >= 11 is 0. The maximum atomic E-state index is 9.25. The molecule has 3 aromatic rings. The minimum atomic E-state index is 0.130. The number of imidazole rings is 1. The molecule has 0 radical (unpaired) electrons. The minimum Gasteiger partial charge on any atom is -0.383 e. The number of aromatic nitrogens is 5. The lowest BCUT2D eigenvalue weighted by molar-refractivity contribution is 0.215. The Kier molecular flexibility index (Phi) is 4.14. The van der Waals surface area contributed by atoms with Crippen LogP contribution in [0.4, 0.5) is 5.82 Å². The predicted molar refractivity (Wildman–Crippen MR) is 109 cm³/mol. The van der Waals surface area contributed by atoms with Crippen LogP contribution in [0.1, 0.15) is 49.3 Å². The van der Waals surface area contributed by atoms with Crippen molar-refractivity contribution in [3.8, 4) is 17.3 Å². The van der Waals surface area contributed by atoms with Crippen LogP contribution in [-0.4, -0.2) is 42.7 Å². The minimum absolute atomic E-state index is 0.130. The van der Waals surface area contributed by atoms with Crippen LogP contribution < -0.4 is 5.73 Å². The van der Waals surface area contributed by atoms with E-state index in [-0.39, 0.29) is 11.2 Å². The highest BCUT2D eigenvalue weighted by atomic mass is 15.3. The third-order valence-electron chi connectivity index (χ3n) is 6.51. The molecule has 8 nitrogen and oxygen atoms in total. The van der Waals surface area contributed by atoms with Gasteiger partial charge in [-0.05, 0) is 37.9 Å². The fourth-order valence-electron chi connectivity index (χ4n) is 4.98. The number of aromatic amines is 1. The highest BCUT2D eigenvalue weighted by Crippen LogP contribution is 2.45. The Bertz CT molecular complexity index is 1080. The van der Waals surface area contributed by atoms with Crippen LogP contribution in [0.3, 0.4) is 0 Å². The van der Waals surface area contributed by atoms with E-state index in [0.717, 1.165) is 56.0 Å². The number of nitrogen functional groups attached to an aromatic ring is 1. The van der Waals surface area contributed by atoms with Gasteiger partial charge in [0, 0.05) is 48.4 Å². The summed E-state index contributed by atoms with van der Waals surface area (Å²) in [7, 11) is 0. The number of hydrogen-bond donors (Lipinski definition) is 2. The van der Waals surface area contributed by atoms with Gasteiger partial charge in [0.15, 0.2) is 0 Å². The molecule has 5 heterocycles. The SMILES string of the molecule is CCC(c1ncc[nH]1)N1CC[C@@]2(CCn3nc(-c4cnc(N)c(C#N)c4)cc32)C1. The highest BCUT2D eigenvalue weighted by Gasteiger charge is 2.47. The van der Waals surface area contributed by atoms with E-state index in [1.165, 1.54) is 5.69 Å². The van der Waals surface area contributed by atoms with Crippen LogP contribution in [-0.2, 0) is 12.0 Å². The number of pyridine rings is 1. The normalized spacial score (nSPS) is 22.1. The quantitative estimate of drug-likeness (QED) is 0.710. The number of likely N-dealkylation sites (tertiary alicyclic amines) is 1. The summed E-state index contributed by atoms with van der Waals surface area (Å²) in [6, 6.07) is 6.38. The van der Waals surface area contributed by atoms with Gasteiger partial charge in [0.25, 0.3) is 0 Å². The Morgan fingerprint density at radius 2 is 2.17 bits per heavy atom. The topological polar surface area (TPSA) is 112 Å². The zero-order valence-corrected chi connectivity index (χ0v) is 16.5. The zero-order valence-electron chi connectivity index (χ0n) is 16.5. The van der Waals surface area contributed by atoms with E-state index < -0.39 is 0 Å². The number of aryl methyl sites for hydroxylation is 1. The lowest BCUT2D eigenvalue weighted by Crippen LogP contribution is -2.32. The van der Waals surface area contributed by atoms with Crippen LogP contribution in [0.2, 0.25) is 0 Å². The standard InChI is InChI=1S/C21H24N8/c1-2-17(20-24-5-6-25-20)28-7-3-21(13-28)4-8-29-18(21)10-16(27-29)15-9-14(11-22)19(23)26-12-15/h5-6,9-10,12,17H,2-4,7-8,13H2,1H3,(H2,23,26)(H,24,25)/t17?,21-/m1/s1. The van der Waals surface area contributed by atoms with Gasteiger partial charge in [-0.2, -0.15) is 10.4 Å². The largest absolute Gasteiger partial charge is 0.383 e. The first-order valence-electron chi connectivity index (χ1n) is 10.1. The number of nitriles is 1. The molecule has 0 amide bonds. The number of anilines is 1. The molecule has 1 unspecified atom stereocenters. The van der Waals surface area contributed by atoms with Gasteiger partial charge in [-0.3, -0.25) is 9.58 Å². The van der Waals surface area contributed by atoms with Gasteiger partial charge in [-0.25, -0.2) is 9.97 Å². The highest BCUT2D eigenvalue weighted by molar-refractivity contribution is 5.65. The number of nitrogens with zero attached hydrogens (tertiary/aromatic N) is 6. The van der Waals surface area contributed by atoms with Crippen molar-refractivity contribution in [3.63, 3.8) is 0 Å². The molecule has 1 spiro atoms. The van der Waals surface area contributed by atoms with E-state index in [1.54, 1.807) is 12.3 Å². The smallest absolute Gasteiger partial charge is 0.141 e. The molecular weight excluding hydrogens is 364 g/mol. The number of nitrogens with two attached hydrogens (primary N) is 1. The van der Waals surface area contributed by atoms with Crippen molar-refractivity contribution in [1.29, 1.82) is 5.26 Å². The Morgan fingerprint density at radius 3 is 2.93 bits per heavy atom. The van der Waals surface area contributed by atoms with Gasteiger partial charge in [0.1, 0.15) is 17.7 Å². The Labute approximate surface area is 169 Å². The van der Waals surface area contributed by atoms with Gasteiger partial charge in [-0.15, -0.1) is 0 Å². The maximum Gasteiger partial charge on any atom is 0.141 e. The van der Waals surface area contributed by atoms with Crippen LogP contribution >= 0.6 is 0 Å². The molecule has 0 aromatic carbocycles. The molecular formula is C21H24N8.